The summed E-state index contributed by atoms with van der Waals surface area (Å²) in [7, 11) is -4.29. The second-order valence-electron chi connectivity index (χ2n) is 5.83. The molecule has 128 valence electrons. The number of allylic oxidation sites excluding steroid dienone is 1. The van der Waals surface area contributed by atoms with Crippen LogP contribution >= 0.6 is 7.60 Å². The highest BCUT2D eigenvalue weighted by Gasteiger charge is 2.20. The number of hydrogen-bond acceptors (Lipinski definition) is 3. The van der Waals surface area contributed by atoms with E-state index >= 15 is 0 Å². The van der Waals surface area contributed by atoms with Crippen LogP contribution in [0.15, 0.2) is 60.7 Å². The van der Waals surface area contributed by atoms with Crippen LogP contribution in [-0.2, 0) is 11.0 Å². The van der Waals surface area contributed by atoms with Gasteiger partial charge < -0.3 is 21.3 Å². The molecular weight excluding hydrogens is 335 g/mol. The second-order valence-corrected chi connectivity index (χ2v) is 7.40. The Bertz CT molecular complexity index is 1000. The first-order valence-electron chi connectivity index (χ1n) is 7.74. The molecule has 6 heteroatoms. The van der Waals surface area contributed by atoms with E-state index in [1.165, 1.54) is 40.1 Å². The fraction of sp³-hybridized carbons (Fsp3) is 0.0526. The molecule has 0 unspecified atom stereocenters. The van der Waals surface area contributed by atoms with Crippen molar-refractivity contribution in [1.29, 1.82) is 0 Å². The molecule has 0 saturated carbocycles. The third kappa shape index (κ3) is 3.74. The Kier molecular flexibility index (Phi) is 4.64. The fourth-order valence-corrected chi connectivity index (χ4v) is 3.61. The third-order valence-corrected chi connectivity index (χ3v) is 5.04. The summed E-state index contributed by atoms with van der Waals surface area (Å²) >= 11 is 0. The summed E-state index contributed by atoms with van der Waals surface area (Å²) < 4.78 is 10.8. The van der Waals surface area contributed by atoms with E-state index in [2.05, 4.69) is 48.6 Å². The highest BCUT2D eigenvalue weighted by molar-refractivity contribution is 7.60. The highest BCUT2D eigenvalue weighted by atomic mass is 31.2. The molecule has 3 aromatic rings. The van der Waals surface area contributed by atoms with Crippen molar-refractivity contribution in [3.8, 4) is 0 Å². The molecule has 5 nitrogen and oxygen atoms in total. The maximum Gasteiger partial charge on any atom is 0.358 e. The van der Waals surface area contributed by atoms with Gasteiger partial charge in [-0.2, -0.15) is 0 Å². The molecular formula is C19H19N2O3P. The normalized spacial score (nSPS) is 12.6. The van der Waals surface area contributed by atoms with Crippen LogP contribution in [0.4, 0.5) is 11.4 Å². The lowest BCUT2D eigenvalue weighted by atomic mass is 9.93. The van der Waals surface area contributed by atoms with Gasteiger partial charge in [-0.15, -0.1) is 0 Å². The molecule has 0 heterocycles. The summed E-state index contributed by atoms with van der Waals surface area (Å²) in [5, 5.41) is 2.58. The van der Waals surface area contributed by atoms with Crippen molar-refractivity contribution in [2.45, 2.75) is 6.42 Å². The summed E-state index contributed by atoms with van der Waals surface area (Å²) in [6.45, 7) is 0. The molecule has 1 aliphatic carbocycles. The lowest BCUT2D eigenvalue weighted by Gasteiger charge is -2.11. The van der Waals surface area contributed by atoms with Crippen molar-refractivity contribution in [1.82, 2.24) is 0 Å². The number of anilines is 2. The molecule has 0 spiro atoms. The Morgan fingerprint density at radius 3 is 2.36 bits per heavy atom. The van der Waals surface area contributed by atoms with Crippen LogP contribution in [-0.4, -0.2) is 9.79 Å². The zero-order valence-electron chi connectivity index (χ0n) is 13.5. The lowest BCUT2D eigenvalue weighted by Crippen LogP contribution is -2.11. The SMILES string of the molecule is C1=Cc2cccc3cccc(c23)C1.Nc1ccc(N)c(P(=O)(O)O)c1. The van der Waals surface area contributed by atoms with Crippen LogP contribution in [0.2, 0.25) is 0 Å². The summed E-state index contributed by atoms with van der Waals surface area (Å²) in [5.41, 5.74) is 13.8. The zero-order chi connectivity index (χ0) is 18.0. The molecule has 0 atom stereocenters. The van der Waals surface area contributed by atoms with Gasteiger partial charge >= 0.3 is 7.60 Å². The number of nitrogen functional groups attached to an aromatic ring is 2. The summed E-state index contributed by atoms with van der Waals surface area (Å²) in [6, 6.07) is 17.0. The lowest BCUT2D eigenvalue weighted by molar-refractivity contribution is 0.387. The first-order valence-corrected chi connectivity index (χ1v) is 9.36. The quantitative estimate of drug-likeness (QED) is 0.397. The molecule has 0 aliphatic heterocycles. The molecule has 0 aromatic heterocycles. The van der Waals surface area contributed by atoms with E-state index in [1.54, 1.807) is 0 Å². The van der Waals surface area contributed by atoms with Gasteiger partial charge in [-0.3, -0.25) is 4.57 Å². The van der Waals surface area contributed by atoms with Crippen molar-refractivity contribution in [3.05, 3.63) is 71.8 Å². The summed E-state index contributed by atoms with van der Waals surface area (Å²) in [5.74, 6) is 0. The van der Waals surface area contributed by atoms with Crippen molar-refractivity contribution < 1.29 is 14.4 Å². The molecule has 0 fully saturated rings. The van der Waals surface area contributed by atoms with E-state index in [0.29, 0.717) is 0 Å². The van der Waals surface area contributed by atoms with Crippen LogP contribution in [0, 0.1) is 0 Å². The molecule has 0 amide bonds. The minimum atomic E-state index is -4.29. The molecule has 1 aliphatic rings. The van der Waals surface area contributed by atoms with Gasteiger partial charge in [-0.05, 0) is 46.5 Å². The molecule has 0 bridgehead atoms. The van der Waals surface area contributed by atoms with E-state index in [0.717, 1.165) is 6.42 Å². The minimum absolute atomic E-state index is 0.0533. The van der Waals surface area contributed by atoms with Gasteiger partial charge in [0.2, 0.25) is 0 Å². The Balaban J connectivity index is 0.000000147. The molecule has 0 radical (unpaired) electrons. The first kappa shape index (κ1) is 17.2. The van der Waals surface area contributed by atoms with E-state index in [9.17, 15) is 4.57 Å². The Hall–Kier alpha value is -2.59. The Morgan fingerprint density at radius 1 is 0.960 bits per heavy atom. The van der Waals surface area contributed by atoms with Gasteiger partial charge in [0.05, 0.1) is 5.30 Å². The molecule has 3 aromatic carbocycles. The second kappa shape index (κ2) is 6.73. The molecule has 6 N–H and O–H groups in total. The smallest absolute Gasteiger partial charge is 0.358 e. The number of nitrogens with two attached hydrogens (primary N) is 2. The van der Waals surface area contributed by atoms with Gasteiger partial charge in [0.1, 0.15) is 0 Å². The van der Waals surface area contributed by atoms with E-state index in [-0.39, 0.29) is 16.7 Å². The van der Waals surface area contributed by atoms with Crippen LogP contribution in [0.25, 0.3) is 16.8 Å². The topological polar surface area (TPSA) is 110 Å². The number of rotatable bonds is 1. The van der Waals surface area contributed by atoms with Gasteiger partial charge in [-0.25, -0.2) is 0 Å². The monoisotopic (exact) mass is 354 g/mol. The predicted molar refractivity (Wildman–Crippen MR) is 104 cm³/mol. The molecule has 25 heavy (non-hydrogen) atoms. The van der Waals surface area contributed by atoms with Gasteiger partial charge in [-0.1, -0.05) is 48.6 Å². The van der Waals surface area contributed by atoms with Crippen LogP contribution in [0.1, 0.15) is 11.1 Å². The maximum absolute atomic E-state index is 10.8. The van der Waals surface area contributed by atoms with Crippen LogP contribution < -0.4 is 16.8 Å². The average Bonchev–Trinajstić information content (AvgIpc) is 2.58. The fourth-order valence-electron chi connectivity index (χ4n) is 2.88. The first-order chi connectivity index (χ1) is 11.9. The van der Waals surface area contributed by atoms with E-state index < -0.39 is 7.60 Å². The van der Waals surface area contributed by atoms with Crippen LogP contribution in [0.5, 0.6) is 0 Å². The third-order valence-electron chi connectivity index (χ3n) is 4.03. The highest BCUT2D eigenvalue weighted by Crippen LogP contribution is 2.36. The predicted octanol–water partition coefficient (Wildman–Crippen LogP) is 3.06. The van der Waals surface area contributed by atoms with Gasteiger partial charge in [0.15, 0.2) is 0 Å². The number of hydrogen-bond donors (Lipinski definition) is 4. The minimum Gasteiger partial charge on any atom is -0.399 e. The van der Waals surface area contributed by atoms with E-state index in [1.807, 2.05) is 0 Å². The van der Waals surface area contributed by atoms with Gasteiger partial charge in [0.25, 0.3) is 0 Å². The standard InChI is InChI=1S/C13H10.C6H9N2O3P/c1-4-10-6-2-8-12-9-3-7-11(5-1)13(10)12;7-4-1-2-5(8)6(3-4)12(9,10)11/h1-8H,9H2;1-3H,7-8H2,(H2,9,10,11). The van der Waals surface area contributed by atoms with Crippen molar-refractivity contribution in [3.63, 3.8) is 0 Å². The Morgan fingerprint density at radius 2 is 1.68 bits per heavy atom. The van der Waals surface area contributed by atoms with Crippen molar-refractivity contribution in [2.24, 2.45) is 0 Å². The molecule has 0 saturated heterocycles. The number of benzene rings is 3. The van der Waals surface area contributed by atoms with Crippen molar-refractivity contribution in [2.75, 3.05) is 11.5 Å². The van der Waals surface area contributed by atoms with Crippen LogP contribution in [0.3, 0.4) is 0 Å². The van der Waals surface area contributed by atoms with E-state index in [4.69, 9.17) is 21.3 Å². The Labute approximate surface area is 145 Å². The largest absolute Gasteiger partial charge is 0.399 e. The summed E-state index contributed by atoms with van der Waals surface area (Å²) in [4.78, 5) is 17.5. The van der Waals surface area contributed by atoms with Crippen molar-refractivity contribution >= 4 is 41.1 Å². The maximum atomic E-state index is 10.8. The average molecular weight is 354 g/mol. The summed E-state index contributed by atoms with van der Waals surface area (Å²) in [6.07, 6.45) is 5.53. The zero-order valence-corrected chi connectivity index (χ0v) is 14.4. The molecule has 4 rings (SSSR count). The van der Waals surface area contributed by atoms with Gasteiger partial charge in [0, 0.05) is 11.4 Å².